The van der Waals surface area contributed by atoms with Crippen LogP contribution in [0, 0.1) is 6.92 Å². The Morgan fingerprint density at radius 2 is 2.18 bits per heavy atom. The quantitative estimate of drug-likeness (QED) is 0.937. The highest BCUT2D eigenvalue weighted by Crippen LogP contribution is 2.27. The molecule has 0 saturated heterocycles. The predicted molar refractivity (Wildman–Crippen MR) is 65.3 cm³/mol. The lowest BCUT2D eigenvalue weighted by Gasteiger charge is -2.08. The molecule has 0 fully saturated rings. The molecule has 92 valence electrons. The molecule has 0 aliphatic rings. The largest absolute Gasteiger partial charge is 0.447 e. The van der Waals surface area contributed by atoms with Gasteiger partial charge in [-0.2, -0.15) is 5.10 Å². The third kappa shape index (κ3) is 2.49. The lowest BCUT2D eigenvalue weighted by Crippen LogP contribution is -2.06. The molecule has 0 bridgehead atoms. The van der Waals surface area contributed by atoms with Crippen molar-refractivity contribution >= 4 is 23.2 Å². The summed E-state index contributed by atoms with van der Waals surface area (Å²) in [5, 5.41) is 15.0. The average Bonchev–Trinajstić information content (AvgIpc) is 2.79. The van der Waals surface area contributed by atoms with Crippen molar-refractivity contribution in [3.05, 3.63) is 39.5 Å². The minimum Gasteiger partial charge on any atom is -0.447 e. The molecule has 2 aromatic rings. The number of halogens is 2. The van der Waals surface area contributed by atoms with Crippen LogP contribution in [0.2, 0.25) is 10.2 Å². The number of rotatable bonds is 3. The molecule has 0 saturated carbocycles. The molecule has 1 atom stereocenters. The first kappa shape index (κ1) is 12.5. The molecule has 0 spiro atoms. The van der Waals surface area contributed by atoms with Gasteiger partial charge in [-0.25, -0.2) is 0 Å². The van der Waals surface area contributed by atoms with Crippen molar-refractivity contribution < 1.29 is 9.52 Å². The molecule has 0 aliphatic heterocycles. The summed E-state index contributed by atoms with van der Waals surface area (Å²) in [4.78, 5) is 0. The number of hydrogen-bond donors (Lipinski definition) is 1. The van der Waals surface area contributed by atoms with Gasteiger partial charge in [0.2, 0.25) is 0 Å². The molecule has 0 amide bonds. The molecule has 1 unspecified atom stereocenters. The van der Waals surface area contributed by atoms with E-state index < -0.39 is 6.10 Å². The Kier molecular flexibility index (Phi) is 3.47. The second-order valence-corrected chi connectivity index (χ2v) is 4.58. The maximum absolute atomic E-state index is 9.99. The van der Waals surface area contributed by atoms with Gasteiger partial charge in [0.05, 0.1) is 16.4 Å². The summed E-state index contributed by atoms with van der Waals surface area (Å²) in [6.07, 6.45) is -0.449. The van der Waals surface area contributed by atoms with Crippen molar-refractivity contribution in [2.45, 2.75) is 19.4 Å². The minimum absolute atomic E-state index is 0.256. The zero-order valence-electron chi connectivity index (χ0n) is 9.44. The van der Waals surface area contributed by atoms with Crippen molar-refractivity contribution in [3.63, 3.8) is 0 Å². The van der Waals surface area contributed by atoms with Crippen molar-refractivity contribution in [2.75, 3.05) is 0 Å². The molecule has 2 rings (SSSR count). The highest BCUT2D eigenvalue weighted by atomic mass is 35.5. The summed E-state index contributed by atoms with van der Waals surface area (Å²) in [7, 11) is 1.79. The first-order chi connectivity index (χ1) is 7.99. The van der Waals surface area contributed by atoms with E-state index in [1.54, 1.807) is 23.9 Å². The van der Waals surface area contributed by atoms with E-state index in [2.05, 4.69) is 5.10 Å². The van der Waals surface area contributed by atoms with Gasteiger partial charge in [0.25, 0.3) is 0 Å². The zero-order chi connectivity index (χ0) is 12.6. The Morgan fingerprint density at radius 1 is 1.47 bits per heavy atom. The first-order valence-electron chi connectivity index (χ1n) is 5.10. The minimum atomic E-state index is -0.783. The summed E-state index contributed by atoms with van der Waals surface area (Å²) in [6, 6.07) is 3.24. The molecular formula is C11H12Cl2N2O2. The van der Waals surface area contributed by atoms with Crippen LogP contribution in [0.5, 0.6) is 0 Å². The molecule has 0 aromatic carbocycles. The van der Waals surface area contributed by atoms with Crippen LogP contribution in [0.25, 0.3) is 0 Å². The number of furan rings is 1. The van der Waals surface area contributed by atoms with E-state index in [4.69, 9.17) is 27.6 Å². The van der Waals surface area contributed by atoms with Crippen LogP contribution in [0.4, 0.5) is 0 Å². The number of hydrogen-bond acceptors (Lipinski definition) is 3. The zero-order valence-corrected chi connectivity index (χ0v) is 11.0. The van der Waals surface area contributed by atoms with Crippen molar-refractivity contribution in [2.24, 2.45) is 7.05 Å². The molecule has 2 heterocycles. The van der Waals surface area contributed by atoms with Gasteiger partial charge in [0.1, 0.15) is 11.9 Å². The van der Waals surface area contributed by atoms with E-state index >= 15 is 0 Å². The summed E-state index contributed by atoms with van der Waals surface area (Å²) in [5.74, 6) is 0.421. The highest BCUT2D eigenvalue weighted by Gasteiger charge is 2.18. The van der Waals surface area contributed by atoms with Gasteiger partial charge in [0, 0.05) is 13.5 Å². The van der Waals surface area contributed by atoms with E-state index in [0.717, 1.165) is 11.4 Å². The van der Waals surface area contributed by atoms with Crippen molar-refractivity contribution in [1.29, 1.82) is 0 Å². The number of aliphatic hydroxyl groups is 1. The molecule has 1 N–H and O–H groups in total. The van der Waals surface area contributed by atoms with Gasteiger partial charge in [0.15, 0.2) is 5.22 Å². The normalized spacial score (nSPS) is 13.0. The maximum atomic E-state index is 9.99. The lowest BCUT2D eigenvalue weighted by molar-refractivity contribution is 0.148. The summed E-state index contributed by atoms with van der Waals surface area (Å²) in [5.41, 5.74) is 1.51. The predicted octanol–water partition coefficient (Wildman–Crippen LogP) is 2.90. The Balaban J connectivity index is 2.21. The third-order valence-electron chi connectivity index (χ3n) is 2.57. The van der Waals surface area contributed by atoms with Gasteiger partial charge in [-0.15, -0.1) is 0 Å². The summed E-state index contributed by atoms with van der Waals surface area (Å²) < 4.78 is 6.80. The highest BCUT2D eigenvalue weighted by molar-refractivity contribution is 6.31. The molecule has 2 aromatic heterocycles. The van der Waals surface area contributed by atoms with Crippen LogP contribution < -0.4 is 0 Å². The number of nitrogens with zero attached hydrogens (tertiary/aromatic N) is 2. The van der Waals surface area contributed by atoms with Crippen LogP contribution in [-0.2, 0) is 13.5 Å². The van der Waals surface area contributed by atoms with E-state index in [-0.39, 0.29) is 5.22 Å². The molecule has 6 heteroatoms. The smallest absolute Gasteiger partial charge is 0.193 e. The van der Waals surface area contributed by atoms with Crippen LogP contribution in [-0.4, -0.2) is 14.9 Å². The Labute approximate surface area is 109 Å². The summed E-state index contributed by atoms with van der Waals surface area (Å²) in [6.45, 7) is 1.82. The molecule has 0 radical (unpaired) electrons. The molecule has 4 nitrogen and oxygen atoms in total. The second kappa shape index (κ2) is 4.72. The van der Waals surface area contributed by atoms with E-state index in [0.29, 0.717) is 17.2 Å². The van der Waals surface area contributed by atoms with Crippen LogP contribution in [0.15, 0.2) is 16.5 Å². The monoisotopic (exact) mass is 274 g/mol. The average molecular weight is 275 g/mol. The van der Waals surface area contributed by atoms with Gasteiger partial charge < -0.3 is 9.52 Å². The fourth-order valence-corrected chi connectivity index (χ4v) is 2.08. The van der Waals surface area contributed by atoms with Crippen molar-refractivity contribution in [1.82, 2.24) is 9.78 Å². The van der Waals surface area contributed by atoms with Crippen LogP contribution in [0.1, 0.15) is 23.3 Å². The Hall–Kier alpha value is -0.970. The Bertz CT molecular complexity index is 534. The Morgan fingerprint density at radius 3 is 2.65 bits per heavy atom. The number of aliphatic hydroxyl groups excluding tert-OH is 1. The standard InChI is InChI=1S/C11H12Cl2N2O2/c1-6-11(13)7(15(2)14-6)5-8(16)9-3-4-10(12)17-9/h3-4,8,16H,5H2,1-2H3. The van der Waals surface area contributed by atoms with E-state index in [1.807, 2.05) is 6.92 Å². The second-order valence-electron chi connectivity index (χ2n) is 3.83. The third-order valence-corrected chi connectivity index (χ3v) is 3.27. The fourth-order valence-electron chi connectivity index (χ4n) is 1.69. The molecule has 17 heavy (non-hydrogen) atoms. The SMILES string of the molecule is Cc1nn(C)c(CC(O)c2ccc(Cl)o2)c1Cl. The topological polar surface area (TPSA) is 51.2 Å². The first-order valence-corrected chi connectivity index (χ1v) is 5.86. The van der Waals surface area contributed by atoms with Gasteiger partial charge in [-0.3, -0.25) is 4.68 Å². The molecular weight excluding hydrogens is 263 g/mol. The summed E-state index contributed by atoms with van der Waals surface area (Å²) >= 11 is 11.8. The molecule has 0 aliphatic carbocycles. The van der Waals surface area contributed by atoms with Gasteiger partial charge in [-0.05, 0) is 30.7 Å². The number of aryl methyl sites for hydroxylation is 2. The van der Waals surface area contributed by atoms with Gasteiger partial charge in [-0.1, -0.05) is 11.6 Å². The van der Waals surface area contributed by atoms with Crippen LogP contribution in [0.3, 0.4) is 0 Å². The maximum Gasteiger partial charge on any atom is 0.193 e. The van der Waals surface area contributed by atoms with Gasteiger partial charge >= 0.3 is 0 Å². The van der Waals surface area contributed by atoms with Crippen molar-refractivity contribution in [3.8, 4) is 0 Å². The fraction of sp³-hybridized carbons (Fsp3) is 0.364. The van der Waals surface area contributed by atoms with Crippen LogP contribution >= 0.6 is 23.2 Å². The van der Waals surface area contributed by atoms with E-state index in [9.17, 15) is 5.11 Å². The lowest BCUT2D eigenvalue weighted by atomic mass is 10.1. The van der Waals surface area contributed by atoms with E-state index in [1.165, 1.54) is 0 Å². The number of aromatic nitrogens is 2.